The summed E-state index contributed by atoms with van der Waals surface area (Å²) in [5.74, 6) is 1.91. The summed E-state index contributed by atoms with van der Waals surface area (Å²) in [7, 11) is 0. The third-order valence-electron chi connectivity index (χ3n) is 7.37. The number of ether oxygens (including phenoxy) is 3. The van der Waals surface area contributed by atoms with Crippen molar-refractivity contribution in [2.75, 3.05) is 59.2 Å². The molecule has 1 atom stereocenters. The zero-order chi connectivity index (χ0) is 19.0. The number of hydrogen-bond acceptors (Lipinski definition) is 5. The van der Waals surface area contributed by atoms with Crippen molar-refractivity contribution in [3.05, 3.63) is 23.3 Å². The van der Waals surface area contributed by atoms with Crippen molar-refractivity contribution in [2.24, 2.45) is 0 Å². The maximum atomic E-state index is 5.93. The molecule has 5 nitrogen and oxygen atoms in total. The second-order valence-electron chi connectivity index (χ2n) is 9.02. The van der Waals surface area contributed by atoms with Crippen molar-refractivity contribution in [3.8, 4) is 11.5 Å². The molecular weight excluding hydrogens is 352 g/mol. The first-order chi connectivity index (χ1) is 13.8. The standard InChI is InChI=1S/C23H34N2O3/c1-18-19-15-21-22(28-14-13-27-21)16-20(19)23(5-2-3-6-23)17-25(18)8-4-7-24-9-11-26-12-10-24/h15-16,18H,2-14,17H2,1H3. The highest BCUT2D eigenvalue weighted by Gasteiger charge is 2.44. The molecule has 1 aromatic carbocycles. The van der Waals surface area contributed by atoms with Crippen LogP contribution < -0.4 is 9.47 Å². The molecule has 1 spiro atoms. The van der Waals surface area contributed by atoms with Crippen LogP contribution in [0.2, 0.25) is 0 Å². The quantitative estimate of drug-likeness (QED) is 0.793. The fourth-order valence-electron chi connectivity index (χ4n) is 5.79. The molecule has 5 rings (SSSR count). The molecule has 5 heteroatoms. The van der Waals surface area contributed by atoms with Gasteiger partial charge in [0.15, 0.2) is 11.5 Å². The third kappa shape index (κ3) is 3.42. The van der Waals surface area contributed by atoms with E-state index in [1.54, 1.807) is 5.56 Å². The second-order valence-corrected chi connectivity index (χ2v) is 9.02. The third-order valence-corrected chi connectivity index (χ3v) is 7.37. The Morgan fingerprint density at radius 2 is 1.68 bits per heavy atom. The first-order valence-electron chi connectivity index (χ1n) is 11.2. The summed E-state index contributed by atoms with van der Waals surface area (Å²) in [6, 6.07) is 5.07. The van der Waals surface area contributed by atoms with Crippen LogP contribution in [0.15, 0.2) is 12.1 Å². The lowest BCUT2D eigenvalue weighted by Gasteiger charge is -2.46. The van der Waals surface area contributed by atoms with E-state index in [9.17, 15) is 0 Å². The zero-order valence-electron chi connectivity index (χ0n) is 17.3. The van der Waals surface area contributed by atoms with Gasteiger partial charge in [-0.05, 0) is 62.5 Å². The fraction of sp³-hybridized carbons (Fsp3) is 0.739. The molecule has 0 amide bonds. The van der Waals surface area contributed by atoms with Gasteiger partial charge in [0.25, 0.3) is 0 Å². The highest BCUT2D eigenvalue weighted by atomic mass is 16.6. The fourth-order valence-corrected chi connectivity index (χ4v) is 5.79. The lowest BCUT2D eigenvalue weighted by molar-refractivity contribution is 0.0343. The van der Waals surface area contributed by atoms with Crippen LogP contribution in [0, 0.1) is 0 Å². The summed E-state index contributed by atoms with van der Waals surface area (Å²) in [5.41, 5.74) is 3.34. The molecule has 0 radical (unpaired) electrons. The van der Waals surface area contributed by atoms with Crippen molar-refractivity contribution in [2.45, 2.75) is 50.5 Å². The van der Waals surface area contributed by atoms with Crippen LogP contribution in [-0.4, -0.2) is 69.0 Å². The molecule has 0 N–H and O–H groups in total. The number of nitrogens with zero attached hydrogens (tertiary/aromatic N) is 2. The van der Waals surface area contributed by atoms with E-state index in [1.165, 1.54) is 57.3 Å². The lowest BCUT2D eigenvalue weighted by Crippen LogP contribution is -2.47. The molecule has 1 unspecified atom stereocenters. The van der Waals surface area contributed by atoms with E-state index in [0.29, 0.717) is 24.7 Å². The first kappa shape index (κ1) is 18.7. The Morgan fingerprint density at radius 1 is 0.964 bits per heavy atom. The summed E-state index contributed by atoms with van der Waals surface area (Å²) >= 11 is 0. The SMILES string of the molecule is CC1c2cc3c(cc2C2(CCCC2)CN1CCCN1CCOCC1)OCCO3. The average Bonchev–Trinajstić information content (AvgIpc) is 3.21. The van der Waals surface area contributed by atoms with E-state index in [1.807, 2.05) is 0 Å². The van der Waals surface area contributed by atoms with Crippen LogP contribution in [-0.2, 0) is 10.2 Å². The maximum Gasteiger partial charge on any atom is 0.161 e. The second kappa shape index (κ2) is 7.85. The van der Waals surface area contributed by atoms with Gasteiger partial charge in [-0.1, -0.05) is 12.8 Å². The predicted octanol–water partition coefficient (Wildman–Crippen LogP) is 3.37. The van der Waals surface area contributed by atoms with Gasteiger partial charge in [0.1, 0.15) is 13.2 Å². The van der Waals surface area contributed by atoms with Crippen LogP contribution >= 0.6 is 0 Å². The highest BCUT2D eigenvalue weighted by molar-refractivity contribution is 5.53. The topological polar surface area (TPSA) is 34.2 Å². The Morgan fingerprint density at radius 3 is 2.43 bits per heavy atom. The molecule has 1 saturated heterocycles. The summed E-state index contributed by atoms with van der Waals surface area (Å²) in [6.07, 6.45) is 6.56. The minimum atomic E-state index is 0.316. The molecule has 1 aliphatic carbocycles. The highest BCUT2D eigenvalue weighted by Crippen LogP contribution is 2.51. The Bertz CT molecular complexity index is 695. The van der Waals surface area contributed by atoms with Crippen molar-refractivity contribution < 1.29 is 14.2 Å². The molecule has 0 bridgehead atoms. The summed E-state index contributed by atoms with van der Waals surface area (Å²) in [4.78, 5) is 5.29. The Hall–Kier alpha value is -1.30. The van der Waals surface area contributed by atoms with Crippen molar-refractivity contribution in [3.63, 3.8) is 0 Å². The van der Waals surface area contributed by atoms with Crippen LogP contribution in [0.1, 0.15) is 56.2 Å². The minimum Gasteiger partial charge on any atom is -0.486 e. The number of benzene rings is 1. The van der Waals surface area contributed by atoms with Gasteiger partial charge < -0.3 is 14.2 Å². The van der Waals surface area contributed by atoms with E-state index in [4.69, 9.17) is 14.2 Å². The largest absolute Gasteiger partial charge is 0.486 e. The molecule has 3 heterocycles. The van der Waals surface area contributed by atoms with Gasteiger partial charge in [-0.15, -0.1) is 0 Å². The maximum absolute atomic E-state index is 5.93. The Kier molecular flexibility index (Phi) is 5.24. The van der Waals surface area contributed by atoms with Gasteiger partial charge in [0.05, 0.1) is 13.2 Å². The first-order valence-corrected chi connectivity index (χ1v) is 11.2. The Labute approximate surface area is 168 Å². The molecule has 4 aliphatic rings. The molecule has 1 aromatic rings. The van der Waals surface area contributed by atoms with E-state index < -0.39 is 0 Å². The smallest absolute Gasteiger partial charge is 0.161 e. The number of rotatable bonds is 4. The van der Waals surface area contributed by atoms with E-state index in [0.717, 1.165) is 37.8 Å². The average molecular weight is 387 g/mol. The molecule has 3 aliphatic heterocycles. The molecule has 154 valence electrons. The summed E-state index contributed by atoms with van der Waals surface area (Å²) < 4.78 is 17.3. The molecule has 2 fully saturated rings. The number of hydrogen-bond donors (Lipinski definition) is 0. The zero-order valence-corrected chi connectivity index (χ0v) is 17.3. The predicted molar refractivity (Wildman–Crippen MR) is 109 cm³/mol. The molecule has 1 saturated carbocycles. The van der Waals surface area contributed by atoms with Crippen molar-refractivity contribution >= 4 is 0 Å². The van der Waals surface area contributed by atoms with Gasteiger partial charge >= 0.3 is 0 Å². The van der Waals surface area contributed by atoms with Gasteiger partial charge in [-0.25, -0.2) is 0 Å². The van der Waals surface area contributed by atoms with Crippen LogP contribution in [0.5, 0.6) is 11.5 Å². The van der Waals surface area contributed by atoms with Gasteiger partial charge in [-0.2, -0.15) is 0 Å². The summed E-state index contributed by atoms with van der Waals surface area (Å²) in [6.45, 7) is 11.2. The van der Waals surface area contributed by atoms with E-state index >= 15 is 0 Å². The van der Waals surface area contributed by atoms with E-state index in [-0.39, 0.29) is 0 Å². The number of fused-ring (bicyclic) bond motifs is 3. The van der Waals surface area contributed by atoms with Crippen LogP contribution in [0.3, 0.4) is 0 Å². The summed E-state index contributed by atoms with van der Waals surface area (Å²) in [5, 5.41) is 0. The monoisotopic (exact) mass is 386 g/mol. The molecular formula is C23H34N2O3. The lowest BCUT2D eigenvalue weighted by atomic mass is 9.71. The molecule has 28 heavy (non-hydrogen) atoms. The Balaban J connectivity index is 1.36. The van der Waals surface area contributed by atoms with E-state index in [2.05, 4.69) is 28.9 Å². The molecule has 0 aromatic heterocycles. The van der Waals surface area contributed by atoms with Gasteiger partial charge in [0, 0.05) is 31.1 Å². The van der Waals surface area contributed by atoms with Crippen LogP contribution in [0.4, 0.5) is 0 Å². The normalized spacial score (nSPS) is 27.1. The minimum absolute atomic E-state index is 0.316. The van der Waals surface area contributed by atoms with Crippen LogP contribution in [0.25, 0.3) is 0 Å². The van der Waals surface area contributed by atoms with Crippen molar-refractivity contribution in [1.29, 1.82) is 0 Å². The van der Waals surface area contributed by atoms with Gasteiger partial charge in [0.2, 0.25) is 0 Å². The number of morpholine rings is 1. The van der Waals surface area contributed by atoms with Crippen molar-refractivity contribution in [1.82, 2.24) is 9.80 Å². The van der Waals surface area contributed by atoms with Gasteiger partial charge in [-0.3, -0.25) is 9.80 Å².